The lowest BCUT2D eigenvalue weighted by Crippen LogP contribution is -2.01. The standard InChI is InChI=1S/C13H12N2O2/c1-2-12-14-8-7-11(15-12)9-5-3-4-6-10(9)13(16)17/h3-8H,2H2,1H3,(H,16,17). The van der Waals surface area contributed by atoms with E-state index in [2.05, 4.69) is 9.97 Å². The van der Waals surface area contributed by atoms with Gasteiger partial charge in [0.2, 0.25) is 0 Å². The second-order valence-electron chi connectivity index (χ2n) is 3.56. The minimum absolute atomic E-state index is 0.258. The Balaban J connectivity index is 2.56. The Morgan fingerprint density at radius 3 is 2.76 bits per heavy atom. The van der Waals surface area contributed by atoms with Crippen molar-refractivity contribution in [3.05, 3.63) is 47.9 Å². The molecule has 17 heavy (non-hydrogen) atoms. The fraction of sp³-hybridized carbons (Fsp3) is 0.154. The molecule has 0 aliphatic rings. The summed E-state index contributed by atoms with van der Waals surface area (Å²) in [7, 11) is 0. The van der Waals surface area contributed by atoms with Gasteiger partial charge in [0.1, 0.15) is 5.82 Å². The van der Waals surface area contributed by atoms with Crippen LogP contribution in [0.5, 0.6) is 0 Å². The largest absolute Gasteiger partial charge is 0.478 e. The van der Waals surface area contributed by atoms with Crippen molar-refractivity contribution in [3.8, 4) is 11.3 Å². The number of aromatic carboxylic acids is 1. The van der Waals surface area contributed by atoms with Crippen LogP contribution in [0.2, 0.25) is 0 Å². The summed E-state index contributed by atoms with van der Waals surface area (Å²) >= 11 is 0. The summed E-state index contributed by atoms with van der Waals surface area (Å²) in [6.45, 7) is 1.96. The van der Waals surface area contributed by atoms with Crippen molar-refractivity contribution in [2.24, 2.45) is 0 Å². The minimum Gasteiger partial charge on any atom is -0.478 e. The van der Waals surface area contributed by atoms with Crippen molar-refractivity contribution in [3.63, 3.8) is 0 Å². The molecule has 0 fully saturated rings. The van der Waals surface area contributed by atoms with Crippen molar-refractivity contribution in [2.45, 2.75) is 13.3 Å². The number of hydrogen-bond donors (Lipinski definition) is 1. The van der Waals surface area contributed by atoms with Gasteiger partial charge in [-0.25, -0.2) is 14.8 Å². The van der Waals surface area contributed by atoms with E-state index in [9.17, 15) is 4.79 Å². The molecule has 1 heterocycles. The van der Waals surface area contributed by atoms with E-state index in [-0.39, 0.29) is 5.56 Å². The number of carboxylic acids is 1. The Kier molecular flexibility index (Phi) is 3.14. The van der Waals surface area contributed by atoms with Crippen molar-refractivity contribution in [1.29, 1.82) is 0 Å². The van der Waals surface area contributed by atoms with Crippen LogP contribution >= 0.6 is 0 Å². The molecule has 1 aromatic carbocycles. The molecule has 0 unspecified atom stereocenters. The van der Waals surface area contributed by atoms with Gasteiger partial charge >= 0.3 is 5.97 Å². The van der Waals surface area contributed by atoms with Crippen LogP contribution in [0.1, 0.15) is 23.1 Å². The van der Waals surface area contributed by atoms with Crippen LogP contribution in [0.3, 0.4) is 0 Å². The lowest BCUT2D eigenvalue weighted by molar-refractivity contribution is 0.0697. The van der Waals surface area contributed by atoms with E-state index in [1.54, 1.807) is 36.5 Å². The first-order valence-electron chi connectivity index (χ1n) is 5.37. The molecule has 0 atom stereocenters. The number of aryl methyl sites for hydroxylation is 1. The number of nitrogens with zero attached hydrogens (tertiary/aromatic N) is 2. The van der Waals surface area contributed by atoms with E-state index in [4.69, 9.17) is 5.11 Å². The Hall–Kier alpha value is -2.23. The first kappa shape index (κ1) is 11.3. The van der Waals surface area contributed by atoms with Crippen LogP contribution in [-0.2, 0) is 6.42 Å². The highest BCUT2D eigenvalue weighted by molar-refractivity contribution is 5.95. The molecular weight excluding hydrogens is 216 g/mol. The molecule has 0 radical (unpaired) electrons. The molecule has 0 amide bonds. The Morgan fingerprint density at radius 1 is 1.29 bits per heavy atom. The highest BCUT2D eigenvalue weighted by Crippen LogP contribution is 2.21. The van der Waals surface area contributed by atoms with Gasteiger partial charge in [0.25, 0.3) is 0 Å². The first-order valence-corrected chi connectivity index (χ1v) is 5.37. The van der Waals surface area contributed by atoms with E-state index in [1.165, 1.54) is 0 Å². The molecule has 0 saturated carbocycles. The fourth-order valence-electron chi connectivity index (χ4n) is 1.61. The predicted molar refractivity (Wildman–Crippen MR) is 63.8 cm³/mol. The second kappa shape index (κ2) is 4.74. The maximum Gasteiger partial charge on any atom is 0.336 e. The van der Waals surface area contributed by atoms with Gasteiger partial charge in [0.05, 0.1) is 11.3 Å². The SMILES string of the molecule is CCc1nccc(-c2ccccc2C(=O)O)n1. The molecule has 0 saturated heterocycles. The predicted octanol–water partition coefficient (Wildman–Crippen LogP) is 2.40. The molecule has 4 nitrogen and oxygen atoms in total. The third-order valence-corrected chi connectivity index (χ3v) is 2.46. The number of benzene rings is 1. The summed E-state index contributed by atoms with van der Waals surface area (Å²) in [6.07, 6.45) is 2.38. The number of hydrogen-bond acceptors (Lipinski definition) is 3. The van der Waals surface area contributed by atoms with Gasteiger partial charge in [0, 0.05) is 18.2 Å². The normalized spacial score (nSPS) is 10.2. The van der Waals surface area contributed by atoms with Crippen LogP contribution in [0.4, 0.5) is 0 Å². The number of carbonyl (C=O) groups is 1. The number of aromatic nitrogens is 2. The average molecular weight is 228 g/mol. The molecule has 0 aliphatic carbocycles. The van der Waals surface area contributed by atoms with Gasteiger partial charge in [0.15, 0.2) is 0 Å². The molecule has 0 spiro atoms. The van der Waals surface area contributed by atoms with E-state index in [0.717, 1.165) is 6.42 Å². The molecule has 0 bridgehead atoms. The monoisotopic (exact) mass is 228 g/mol. The topological polar surface area (TPSA) is 63.1 Å². The Morgan fingerprint density at radius 2 is 2.06 bits per heavy atom. The van der Waals surface area contributed by atoms with E-state index >= 15 is 0 Å². The maximum atomic E-state index is 11.1. The van der Waals surface area contributed by atoms with Gasteiger partial charge in [-0.1, -0.05) is 25.1 Å². The molecule has 86 valence electrons. The highest BCUT2D eigenvalue weighted by Gasteiger charge is 2.11. The highest BCUT2D eigenvalue weighted by atomic mass is 16.4. The van der Waals surface area contributed by atoms with Gasteiger partial charge in [-0.2, -0.15) is 0 Å². The summed E-state index contributed by atoms with van der Waals surface area (Å²) in [5, 5.41) is 9.11. The molecule has 2 aromatic rings. The van der Waals surface area contributed by atoms with Crippen LogP contribution in [0, 0.1) is 0 Å². The third-order valence-electron chi connectivity index (χ3n) is 2.46. The zero-order chi connectivity index (χ0) is 12.3. The second-order valence-corrected chi connectivity index (χ2v) is 3.56. The van der Waals surface area contributed by atoms with Crippen molar-refractivity contribution < 1.29 is 9.90 Å². The summed E-state index contributed by atoms with van der Waals surface area (Å²) in [5.74, 6) is -0.236. The maximum absolute atomic E-state index is 11.1. The number of rotatable bonds is 3. The van der Waals surface area contributed by atoms with Crippen molar-refractivity contribution in [2.75, 3.05) is 0 Å². The third kappa shape index (κ3) is 2.30. The molecule has 2 rings (SSSR count). The summed E-state index contributed by atoms with van der Waals surface area (Å²) in [5.41, 5.74) is 1.53. The van der Waals surface area contributed by atoms with Crippen molar-refractivity contribution in [1.82, 2.24) is 9.97 Å². The minimum atomic E-state index is -0.947. The van der Waals surface area contributed by atoms with E-state index in [0.29, 0.717) is 17.1 Å². The quantitative estimate of drug-likeness (QED) is 0.876. The van der Waals surface area contributed by atoms with Crippen LogP contribution in [0.15, 0.2) is 36.5 Å². The van der Waals surface area contributed by atoms with Crippen LogP contribution in [-0.4, -0.2) is 21.0 Å². The first-order chi connectivity index (χ1) is 8.22. The van der Waals surface area contributed by atoms with Crippen LogP contribution in [0.25, 0.3) is 11.3 Å². The summed E-state index contributed by atoms with van der Waals surface area (Å²) in [6, 6.07) is 8.56. The smallest absolute Gasteiger partial charge is 0.336 e. The van der Waals surface area contributed by atoms with Gasteiger partial charge in [-0.3, -0.25) is 0 Å². The van der Waals surface area contributed by atoms with Crippen molar-refractivity contribution >= 4 is 5.97 Å². The fourth-order valence-corrected chi connectivity index (χ4v) is 1.61. The summed E-state index contributed by atoms with van der Waals surface area (Å²) < 4.78 is 0. The van der Waals surface area contributed by atoms with Gasteiger partial charge < -0.3 is 5.11 Å². The molecule has 1 N–H and O–H groups in total. The molecule has 1 aromatic heterocycles. The Labute approximate surface area is 99.0 Å². The van der Waals surface area contributed by atoms with Gasteiger partial charge in [-0.05, 0) is 12.1 Å². The molecular formula is C13H12N2O2. The molecule has 4 heteroatoms. The number of carboxylic acid groups (broad SMARTS) is 1. The van der Waals surface area contributed by atoms with Crippen LogP contribution < -0.4 is 0 Å². The average Bonchev–Trinajstić information content (AvgIpc) is 2.39. The zero-order valence-corrected chi connectivity index (χ0v) is 9.42. The lowest BCUT2D eigenvalue weighted by Gasteiger charge is -2.05. The molecule has 0 aliphatic heterocycles. The lowest BCUT2D eigenvalue weighted by atomic mass is 10.0. The zero-order valence-electron chi connectivity index (χ0n) is 9.42. The van der Waals surface area contributed by atoms with Gasteiger partial charge in [-0.15, -0.1) is 0 Å². The van der Waals surface area contributed by atoms with E-state index in [1.807, 2.05) is 6.92 Å². The summed E-state index contributed by atoms with van der Waals surface area (Å²) in [4.78, 5) is 19.5. The van der Waals surface area contributed by atoms with E-state index < -0.39 is 5.97 Å². The Bertz CT molecular complexity index is 553.